The highest BCUT2D eigenvalue weighted by Gasteiger charge is 2.39. The fourth-order valence-corrected chi connectivity index (χ4v) is 3.47. The minimum absolute atomic E-state index is 0.0384. The Morgan fingerprint density at radius 1 is 1.12 bits per heavy atom. The number of primary amides is 1. The fraction of sp³-hybridized carbons (Fsp3) is 0.190. The van der Waals surface area contributed by atoms with Gasteiger partial charge in [0.25, 0.3) is 5.91 Å². The molecule has 3 aromatic heterocycles. The molecule has 0 saturated carbocycles. The normalized spacial score (nSPS) is 13.3. The van der Waals surface area contributed by atoms with Crippen LogP contribution in [0.15, 0.2) is 57.9 Å². The van der Waals surface area contributed by atoms with Gasteiger partial charge in [0, 0.05) is 11.8 Å². The second-order valence-corrected chi connectivity index (χ2v) is 7.26. The molecule has 2 N–H and O–H groups in total. The van der Waals surface area contributed by atoms with E-state index >= 15 is 0 Å². The number of hydrogen-bond donors (Lipinski definition) is 1. The van der Waals surface area contributed by atoms with Gasteiger partial charge in [0.15, 0.2) is 11.5 Å². The van der Waals surface area contributed by atoms with Crippen LogP contribution in [0.3, 0.4) is 0 Å². The molecule has 1 unspecified atom stereocenters. The van der Waals surface area contributed by atoms with Crippen LogP contribution in [0.2, 0.25) is 0 Å². The summed E-state index contributed by atoms with van der Waals surface area (Å²) in [4.78, 5) is 11.8. The van der Waals surface area contributed by atoms with Crippen molar-refractivity contribution < 1.29 is 40.1 Å². The smallest absolute Gasteiger partial charge is 0.416 e. The Morgan fingerprint density at radius 3 is 2.44 bits per heavy atom. The van der Waals surface area contributed by atoms with Crippen molar-refractivity contribution in [2.75, 3.05) is 0 Å². The number of rotatable bonds is 5. The number of alkyl halides is 6. The fourth-order valence-electron chi connectivity index (χ4n) is 3.47. The van der Waals surface area contributed by atoms with Crippen molar-refractivity contribution in [3.8, 4) is 22.6 Å². The maximum Gasteiger partial charge on any atom is 0.416 e. The number of benzene rings is 1. The molecule has 1 amide bonds. The van der Waals surface area contributed by atoms with Gasteiger partial charge >= 0.3 is 12.4 Å². The van der Waals surface area contributed by atoms with Gasteiger partial charge in [-0.05, 0) is 36.8 Å². The van der Waals surface area contributed by atoms with Gasteiger partial charge < -0.3 is 14.7 Å². The number of amides is 1. The van der Waals surface area contributed by atoms with Crippen molar-refractivity contribution in [1.29, 1.82) is 0 Å². The maximum absolute atomic E-state index is 13.6. The van der Waals surface area contributed by atoms with Crippen molar-refractivity contribution in [3.63, 3.8) is 0 Å². The Labute approximate surface area is 186 Å². The number of nitrogens with two attached hydrogens (primary N) is 1. The highest BCUT2D eigenvalue weighted by molar-refractivity contribution is 6.00. The van der Waals surface area contributed by atoms with Crippen LogP contribution in [0.25, 0.3) is 22.6 Å². The number of carbonyl (C=O) groups is 1. The van der Waals surface area contributed by atoms with Crippen molar-refractivity contribution in [2.24, 2.45) is 5.73 Å². The van der Waals surface area contributed by atoms with Gasteiger partial charge in [-0.25, -0.2) is 0 Å². The zero-order valence-corrected chi connectivity index (χ0v) is 17.1. The Kier molecular flexibility index (Phi) is 5.50. The standard InChI is InChI=1S/C21H14F6N4O3/c1-10(13-5-4-12(20(22,23)24)7-14(13)21(25,26)27)31-9-11(8-29-31)16-17(19(28)32)30-34-18(16)15-3-2-6-33-15/h2-10H,1H3,(H2,28,32). The average Bonchev–Trinajstić information content (AvgIpc) is 3.50. The molecule has 4 rings (SSSR count). The summed E-state index contributed by atoms with van der Waals surface area (Å²) in [6, 6.07) is 3.36. The number of halogens is 6. The van der Waals surface area contributed by atoms with E-state index in [1.165, 1.54) is 31.6 Å². The van der Waals surface area contributed by atoms with Gasteiger partial charge in [-0.2, -0.15) is 31.4 Å². The van der Waals surface area contributed by atoms with Gasteiger partial charge in [-0.1, -0.05) is 11.2 Å². The molecule has 3 heterocycles. The van der Waals surface area contributed by atoms with E-state index in [4.69, 9.17) is 14.7 Å². The molecule has 34 heavy (non-hydrogen) atoms. The summed E-state index contributed by atoms with van der Waals surface area (Å²) in [5.41, 5.74) is 2.13. The minimum atomic E-state index is -5.04. The Bertz CT molecular complexity index is 1340. The summed E-state index contributed by atoms with van der Waals surface area (Å²) < 4.78 is 91.3. The summed E-state index contributed by atoms with van der Waals surface area (Å²) in [6.45, 7) is 1.34. The van der Waals surface area contributed by atoms with Gasteiger partial charge in [0.2, 0.25) is 5.76 Å². The van der Waals surface area contributed by atoms with E-state index in [-0.39, 0.29) is 34.4 Å². The van der Waals surface area contributed by atoms with Gasteiger partial charge in [0.05, 0.1) is 35.2 Å². The first-order valence-electron chi connectivity index (χ1n) is 9.54. The van der Waals surface area contributed by atoms with Crippen LogP contribution in [-0.2, 0) is 12.4 Å². The Hall–Kier alpha value is -4.03. The van der Waals surface area contributed by atoms with Crippen LogP contribution in [0.5, 0.6) is 0 Å². The van der Waals surface area contributed by atoms with E-state index in [2.05, 4.69) is 10.3 Å². The molecule has 0 spiro atoms. The monoisotopic (exact) mass is 484 g/mol. The second-order valence-electron chi connectivity index (χ2n) is 7.26. The van der Waals surface area contributed by atoms with Crippen molar-refractivity contribution in [1.82, 2.24) is 14.9 Å². The van der Waals surface area contributed by atoms with E-state index in [0.29, 0.717) is 6.07 Å². The Morgan fingerprint density at radius 2 is 1.85 bits per heavy atom. The lowest BCUT2D eigenvalue weighted by Crippen LogP contribution is -2.17. The molecule has 0 aliphatic heterocycles. The first kappa shape index (κ1) is 23.1. The van der Waals surface area contributed by atoms with Crippen LogP contribution in [-0.4, -0.2) is 20.8 Å². The largest absolute Gasteiger partial charge is 0.461 e. The predicted octanol–water partition coefficient (Wildman–Crippen LogP) is 5.54. The molecule has 0 radical (unpaired) electrons. The van der Waals surface area contributed by atoms with Gasteiger partial charge in [-0.3, -0.25) is 9.48 Å². The van der Waals surface area contributed by atoms with E-state index in [9.17, 15) is 31.1 Å². The molecule has 178 valence electrons. The molecule has 1 aromatic carbocycles. The zero-order chi connectivity index (χ0) is 24.8. The Balaban J connectivity index is 1.79. The van der Waals surface area contributed by atoms with Crippen LogP contribution >= 0.6 is 0 Å². The molecular weight excluding hydrogens is 470 g/mol. The number of hydrogen-bond acceptors (Lipinski definition) is 5. The molecule has 0 bridgehead atoms. The second kappa shape index (κ2) is 8.08. The molecule has 0 aliphatic rings. The van der Waals surface area contributed by atoms with E-state index < -0.39 is 41.0 Å². The van der Waals surface area contributed by atoms with Crippen LogP contribution < -0.4 is 5.73 Å². The molecular formula is C21H14F6N4O3. The highest BCUT2D eigenvalue weighted by atomic mass is 19.4. The van der Waals surface area contributed by atoms with Crippen molar-refractivity contribution in [2.45, 2.75) is 25.3 Å². The quantitative estimate of drug-likeness (QED) is 0.375. The summed E-state index contributed by atoms with van der Waals surface area (Å²) in [7, 11) is 0. The first-order valence-corrected chi connectivity index (χ1v) is 9.54. The summed E-state index contributed by atoms with van der Waals surface area (Å²) in [5, 5.41) is 7.68. The van der Waals surface area contributed by atoms with Crippen LogP contribution in [0.1, 0.15) is 40.1 Å². The molecule has 7 nitrogen and oxygen atoms in total. The van der Waals surface area contributed by atoms with Gasteiger partial charge in [0.1, 0.15) is 0 Å². The molecule has 1 atom stereocenters. The maximum atomic E-state index is 13.6. The third-order valence-corrected chi connectivity index (χ3v) is 5.09. The summed E-state index contributed by atoms with van der Waals surface area (Å²) >= 11 is 0. The van der Waals surface area contributed by atoms with Crippen molar-refractivity contribution >= 4 is 5.91 Å². The minimum Gasteiger partial charge on any atom is -0.461 e. The molecule has 4 aromatic rings. The van der Waals surface area contributed by atoms with Gasteiger partial charge in [-0.15, -0.1) is 0 Å². The zero-order valence-electron chi connectivity index (χ0n) is 17.1. The average molecular weight is 484 g/mol. The third-order valence-electron chi connectivity index (χ3n) is 5.09. The molecule has 0 aliphatic carbocycles. The molecule has 13 heteroatoms. The van der Waals surface area contributed by atoms with E-state index in [1.54, 1.807) is 6.07 Å². The molecule has 0 fully saturated rings. The lowest BCUT2D eigenvalue weighted by Gasteiger charge is -2.20. The SMILES string of the molecule is CC(c1ccc(C(F)(F)F)cc1C(F)(F)F)n1cc(-c2c(C(N)=O)noc2-c2ccco2)cn1. The van der Waals surface area contributed by atoms with Crippen LogP contribution in [0, 0.1) is 0 Å². The van der Waals surface area contributed by atoms with Crippen molar-refractivity contribution in [3.05, 3.63) is 71.4 Å². The number of nitrogens with zero attached hydrogens (tertiary/aromatic N) is 3. The van der Waals surface area contributed by atoms with E-state index in [1.807, 2.05) is 0 Å². The lowest BCUT2D eigenvalue weighted by atomic mass is 9.98. The third kappa shape index (κ3) is 4.16. The molecule has 0 saturated heterocycles. The number of carbonyl (C=O) groups excluding carboxylic acids is 1. The van der Waals surface area contributed by atoms with E-state index in [0.717, 1.165) is 10.7 Å². The summed E-state index contributed by atoms with van der Waals surface area (Å²) in [6.07, 6.45) is -6.10. The highest BCUT2D eigenvalue weighted by Crippen LogP contribution is 2.40. The van der Waals surface area contributed by atoms with Crippen LogP contribution in [0.4, 0.5) is 26.3 Å². The summed E-state index contributed by atoms with van der Waals surface area (Å²) in [5.74, 6) is -0.686. The lowest BCUT2D eigenvalue weighted by molar-refractivity contribution is -0.143. The topological polar surface area (TPSA) is 100 Å². The predicted molar refractivity (Wildman–Crippen MR) is 104 cm³/mol. The number of aromatic nitrogens is 3. The number of furan rings is 1. The first-order chi connectivity index (χ1) is 15.9.